The molecule has 0 fully saturated rings. The first-order chi connectivity index (χ1) is 23.3. The lowest BCUT2D eigenvalue weighted by Gasteiger charge is -2.28. The van der Waals surface area contributed by atoms with Gasteiger partial charge in [0.25, 0.3) is 0 Å². The zero-order valence-corrected chi connectivity index (χ0v) is 31.5. The van der Waals surface area contributed by atoms with Gasteiger partial charge in [-0.3, -0.25) is 27.4 Å². The largest absolute Gasteiger partial charge is 0.577 e. The van der Waals surface area contributed by atoms with Crippen LogP contribution in [-0.4, -0.2) is 45.9 Å². The van der Waals surface area contributed by atoms with Gasteiger partial charge in [-0.2, -0.15) is 0 Å². The Balaban J connectivity index is 0.00000435. The lowest BCUT2D eigenvalue weighted by atomic mass is 9.77. The first-order valence-electron chi connectivity index (χ1n) is 17.7. The van der Waals surface area contributed by atoms with Crippen molar-refractivity contribution in [3.05, 3.63) is 70.8 Å². The molecule has 5 nitrogen and oxygen atoms in total. The third-order valence-corrected chi connectivity index (χ3v) is 8.69. The molecule has 275 valence electrons. The molecule has 0 aliphatic heterocycles. The summed E-state index contributed by atoms with van der Waals surface area (Å²) in [4.78, 5) is 38.9. The minimum Gasteiger partial charge on any atom is -0.465 e. The van der Waals surface area contributed by atoms with Crippen molar-refractivity contribution in [3.63, 3.8) is 0 Å². The molecule has 0 bridgehead atoms. The van der Waals surface area contributed by atoms with Gasteiger partial charge in [-0.25, -0.2) is 0 Å². The molecule has 2 rings (SSSR count). The van der Waals surface area contributed by atoms with E-state index in [1.165, 1.54) is 11.1 Å². The average Bonchev–Trinajstić information content (AvgIpc) is 3.06. The summed E-state index contributed by atoms with van der Waals surface area (Å²) in [6, 6.07) is 16.7. The fourth-order valence-electron chi connectivity index (χ4n) is 6.00. The molecule has 49 heavy (non-hydrogen) atoms. The van der Waals surface area contributed by atoms with Crippen LogP contribution in [0.25, 0.3) is 0 Å². The number of ketones is 1. The number of rotatable bonds is 20. The normalized spacial score (nSPS) is 13.2. The molecule has 2 aromatic carbocycles. The molecule has 0 saturated heterocycles. The number of halogens is 3. The number of ether oxygens (including phenoxy) is 2. The molecule has 0 aliphatic carbocycles. The maximum absolute atomic E-state index is 13.0. The highest BCUT2D eigenvalue weighted by Gasteiger charge is 2.37. The standard InChI is InChI=1S/C39H58O5.CH3F.BF2/c1-9-43-36(41)38(7,33-21-17-31(18-22-33)27-29(3)4)25-13-11-15-35(40)16-12-14-26-39(8,37(42)44-10-2)34-23-19-32(20-24-34)28-30(5)6;1-2;2-1-3/h17-24,29-30H,9-16,25-28H2,1-8H3;1H3;. The van der Waals surface area contributed by atoms with Crippen molar-refractivity contribution in [2.75, 3.05) is 20.4 Å². The van der Waals surface area contributed by atoms with Crippen molar-refractivity contribution in [1.82, 2.24) is 0 Å². The van der Waals surface area contributed by atoms with E-state index in [1.54, 1.807) is 0 Å². The number of carbonyl (C=O) groups is 3. The van der Waals surface area contributed by atoms with Crippen LogP contribution in [0.15, 0.2) is 48.5 Å². The summed E-state index contributed by atoms with van der Waals surface area (Å²) in [5.74, 6) is 0.966. The highest BCUT2D eigenvalue weighted by atomic mass is 19.2. The van der Waals surface area contributed by atoms with Crippen LogP contribution in [0.2, 0.25) is 0 Å². The number of Topliss-reactive ketones (excluding diaryl/α,β-unsaturated/α-hetero) is 1. The molecular weight excluding hydrogens is 628 g/mol. The van der Waals surface area contributed by atoms with E-state index < -0.39 is 18.7 Å². The first kappa shape index (κ1) is 45.9. The molecule has 0 heterocycles. The van der Waals surface area contributed by atoms with Crippen molar-refractivity contribution in [2.24, 2.45) is 11.8 Å². The van der Waals surface area contributed by atoms with Crippen molar-refractivity contribution in [1.29, 1.82) is 0 Å². The number of carbonyl (C=O) groups excluding carboxylic acids is 3. The predicted molar refractivity (Wildman–Crippen MR) is 195 cm³/mol. The van der Waals surface area contributed by atoms with E-state index in [2.05, 4.69) is 76.2 Å². The van der Waals surface area contributed by atoms with Crippen LogP contribution < -0.4 is 0 Å². The Morgan fingerprint density at radius 1 is 0.633 bits per heavy atom. The van der Waals surface area contributed by atoms with Gasteiger partial charge in [-0.15, -0.1) is 0 Å². The molecule has 2 atom stereocenters. The zero-order chi connectivity index (χ0) is 37.5. The third kappa shape index (κ3) is 16.4. The second-order valence-electron chi connectivity index (χ2n) is 13.7. The van der Waals surface area contributed by atoms with E-state index in [4.69, 9.17) is 9.47 Å². The Kier molecular flexibility index (Phi) is 23.4. The van der Waals surface area contributed by atoms with Crippen LogP contribution >= 0.6 is 0 Å². The van der Waals surface area contributed by atoms with Gasteiger partial charge in [0.15, 0.2) is 0 Å². The number of alkyl halides is 1. The first-order valence-corrected chi connectivity index (χ1v) is 17.7. The summed E-state index contributed by atoms with van der Waals surface area (Å²) in [7, 11) is -0.500. The number of unbranched alkanes of at least 4 members (excludes halogenated alkanes) is 2. The van der Waals surface area contributed by atoms with Crippen LogP contribution in [0.4, 0.5) is 13.0 Å². The zero-order valence-electron chi connectivity index (χ0n) is 31.5. The maximum Gasteiger partial charge on any atom is 0.577 e. The summed E-state index contributed by atoms with van der Waals surface area (Å²) in [5.41, 5.74) is 2.99. The second kappa shape index (κ2) is 24.9. The van der Waals surface area contributed by atoms with E-state index >= 15 is 0 Å². The van der Waals surface area contributed by atoms with Crippen molar-refractivity contribution >= 4 is 25.6 Å². The lowest BCUT2D eigenvalue weighted by Crippen LogP contribution is -2.34. The molecule has 1 radical (unpaired) electrons. The van der Waals surface area contributed by atoms with Gasteiger partial charge in [-0.1, -0.05) is 89.1 Å². The summed E-state index contributed by atoms with van der Waals surface area (Å²) >= 11 is 0. The van der Waals surface area contributed by atoms with Gasteiger partial charge in [0.1, 0.15) is 5.78 Å². The lowest BCUT2D eigenvalue weighted by molar-refractivity contribution is -0.150. The number of hydrogen-bond donors (Lipinski definition) is 0. The maximum atomic E-state index is 13.0. The predicted octanol–water partition coefficient (Wildman–Crippen LogP) is 10.2. The Hall–Kier alpha value is -3.10. The van der Waals surface area contributed by atoms with Crippen LogP contribution in [-0.2, 0) is 47.5 Å². The molecule has 2 aromatic rings. The van der Waals surface area contributed by atoms with Crippen LogP contribution in [0.5, 0.6) is 0 Å². The molecule has 0 aromatic heterocycles. The van der Waals surface area contributed by atoms with E-state index in [0.29, 0.717) is 57.9 Å². The monoisotopic (exact) mass is 689 g/mol. The minimum absolute atomic E-state index is 0.206. The van der Waals surface area contributed by atoms with Crippen molar-refractivity contribution in [3.8, 4) is 0 Å². The van der Waals surface area contributed by atoms with Crippen molar-refractivity contribution < 1.29 is 36.9 Å². The number of benzene rings is 2. The summed E-state index contributed by atoms with van der Waals surface area (Å²) in [6.07, 6.45) is 7.29. The minimum atomic E-state index is -1.00. The second-order valence-corrected chi connectivity index (χ2v) is 13.7. The van der Waals surface area contributed by atoms with Crippen LogP contribution in [0.3, 0.4) is 0 Å². The summed E-state index contributed by atoms with van der Waals surface area (Å²) in [6.45, 7) is 17.1. The van der Waals surface area contributed by atoms with E-state index in [0.717, 1.165) is 49.7 Å². The van der Waals surface area contributed by atoms with Gasteiger partial charge < -0.3 is 9.47 Å². The summed E-state index contributed by atoms with van der Waals surface area (Å²) in [5, 5.41) is 0. The van der Waals surface area contributed by atoms with Gasteiger partial charge in [-0.05, 0) is 100 Å². The summed E-state index contributed by atoms with van der Waals surface area (Å²) < 4.78 is 39.4. The van der Waals surface area contributed by atoms with Crippen LogP contribution in [0, 0.1) is 11.8 Å². The van der Waals surface area contributed by atoms with Gasteiger partial charge in [0, 0.05) is 12.8 Å². The number of hydrogen-bond acceptors (Lipinski definition) is 5. The van der Waals surface area contributed by atoms with Gasteiger partial charge >= 0.3 is 19.8 Å². The molecular formula is C40H61BF3O5. The SMILES string of the molecule is CCOC(=O)C(C)(CCCCC(=O)CCCCC(C)(C(=O)OCC)c1ccc(CC(C)C)cc1)c1ccc(CC(C)C)cc1.CF.F[B]F. The Morgan fingerprint density at radius 2 is 0.939 bits per heavy atom. The van der Waals surface area contributed by atoms with Gasteiger partial charge in [0.05, 0.1) is 31.2 Å². The van der Waals surface area contributed by atoms with E-state index in [-0.39, 0.29) is 17.7 Å². The van der Waals surface area contributed by atoms with E-state index in [9.17, 15) is 27.4 Å². The Morgan fingerprint density at radius 3 is 1.20 bits per heavy atom. The molecule has 9 heteroatoms. The average molecular weight is 690 g/mol. The molecule has 0 spiro atoms. The third-order valence-electron chi connectivity index (χ3n) is 8.69. The molecule has 0 amide bonds. The van der Waals surface area contributed by atoms with Gasteiger partial charge in [0.2, 0.25) is 0 Å². The smallest absolute Gasteiger partial charge is 0.465 e. The molecule has 0 aliphatic rings. The van der Waals surface area contributed by atoms with Crippen LogP contribution in [0.1, 0.15) is 129 Å². The topological polar surface area (TPSA) is 69.7 Å². The fraction of sp³-hybridized carbons (Fsp3) is 0.625. The van der Waals surface area contributed by atoms with E-state index in [1.807, 2.05) is 27.7 Å². The molecule has 0 N–H and O–H groups in total. The fourth-order valence-corrected chi connectivity index (χ4v) is 6.00. The molecule has 2 unspecified atom stereocenters. The molecule has 0 saturated carbocycles. The Labute approximate surface area is 295 Å². The highest BCUT2D eigenvalue weighted by molar-refractivity contribution is 6.15. The quantitative estimate of drug-likeness (QED) is 0.0787. The highest BCUT2D eigenvalue weighted by Crippen LogP contribution is 2.34. The van der Waals surface area contributed by atoms with Crippen molar-refractivity contribution in [2.45, 2.75) is 130 Å². The Bertz CT molecular complexity index is 1110. The number of esters is 2.